The Kier molecular flexibility index (Phi) is 5.36. The molecule has 27 heavy (non-hydrogen) atoms. The smallest absolute Gasteiger partial charge is 0.181 e. The first-order valence-corrected chi connectivity index (χ1v) is 10.0. The molecule has 0 aliphatic carbocycles. The molecule has 1 aliphatic rings. The number of thiazole rings is 1. The third-order valence-electron chi connectivity index (χ3n) is 4.66. The fourth-order valence-electron chi connectivity index (χ4n) is 3.20. The van der Waals surface area contributed by atoms with E-state index in [4.69, 9.17) is 14.5 Å². The molecule has 2 atom stereocenters. The minimum atomic E-state index is -0.228. The van der Waals surface area contributed by atoms with Gasteiger partial charge in [0.15, 0.2) is 17.6 Å². The van der Waals surface area contributed by atoms with Gasteiger partial charge >= 0.3 is 0 Å². The molecule has 4 nitrogen and oxygen atoms in total. The second kappa shape index (κ2) is 8.06. The Balaban J connectivity index is 1.39. The Hall–Kier alpha value is -2.44. The van der Waals surface area contributed by atoms with E-state index in [1.165, 1.54) is 17.0 Å². The minimum absolute atomic E-state index is 0.0325. The van der Waals surface area contributed by atoms with Gasteiger partial charge in [0.2, 0.25) is 0 Å². The lowest BCUT2D eigenvalue weighted by atomic mass is 10.2. The van der Waals surface area contributed by atoms with Crippen LogP contribution in [0.2, 0.25) is 0 Å². The molecule has 4 rings (SSSR count). The van der Waals surface area contributed by atoms with Crippen LogP contribution in [0.15, 0.2) is 53.9 Å². The van der Waals surface area contributed by atoms with Crippen LogP contribution in [-0.4, -0.2) is 30.8 Å². The Morgan fingerprint density at radius 2 is 1.93 bits per heavy atom. The van der Waals surface area contributed by atoms with Gasteiger partial charge in [0.05, 0.1) is 6.54 Å². The number of nitrogens with one attached hydrogen (secondary N) is 1. The third kappa shape index (κ3) is 4.28. The van der Waals surface area contributed by atoms with Crippen LogP contribution < -0.4 is 14.4 Å². The van der Waals surface area contributed by atoms with Crippen LogP contribution >= 0.6 is 11.3 Å². The average Bonchev–Trinajstić information content (AvgIpc) is 3.16. The Morgan fingerprint density at radius 1 is 1.15 bits per heavy atom. The van der Waals surface area contributed by atoms with Crippen LogP contribution in [-0.2, 0) is 6.54 Å². The van der Waals surface area contributed by atoms with Gasteiger partial charge in [0.25, 0.3) is 0 Å². The van der Waals surface area contributed by atoms with Gasteiger partial charge in [-0.15, -0.1) is 11.3 Å². The molecule has 3 aromatic rings. The molecule has 2 aromatic carbocycles. The third-order valence-corrected chi connectivity index (χ3v) is 5.60. The first-order valence-electron chi connectivity index (χ1n) is 9.13. The molecule has 1 aliphatic heterocycles. The summed E-state index contributed by atoms with van der Waals surface area (Å²) in [7, 11) is 0. The van der Waals surface area contributed by atoms with E-state index in [1.807, 2.05) is 24.3 Å². The summed E-state index contributed by atoms with van der Waals surface area (Å²) in [5.41, 5.74) is 2.00. The first kappa shape index (κ1) is 17.9. The molecule has 0 fully saturated rings. The maximum absolute atomic E-state index is 13.1. The number of para-hydroxylation sites is 2. The topological polar surface area (TPSA) is 35.8 Å². The van der Waals surface area contributed by atoms with Crippen molar-refractivity contribution in [3.63, 3.8) is 0 Å². The molecule has 2 heterocycles. The quantitative estimate of drug-likeness (QED) is 0.708. The summed E-state index contributed by atoms with van der Waals surface area (Å²) in [5.74, 6) is 1.40. The highest BCUT2D eigenvalue weighted by Crippen LogP contribution is 2.30. The number of nitrogens with zero attached hydrogens (tertiary/aromatic N) is 1. The van der Waals surface area contributed by atoms with Crippen molar-refractivity contribution in [3.05, 3.63) is 65.4 Å². The van der Waals surface area contributed by atoms with Crippen molar-refractivity contribution in [1.29, 1.82) is 0 Å². The van der Waals surface area contributed by atoms with E-state index in [0.29, 0.717) is 6.61 Å². The molecule has 0 spiro atoms. The number of hydrogen-bond donors (Lipinski definition) is 1. The second-order valence-electron chi connectivity index (χ2n) is 6.63. The lowest BCUT2D eigenvalue weighted by Crippen LogP contribution is -3.11. The van der Waals surface area contributed by atoms with Crippen LogP contribution in [0.5, 0.6) is 11.5 Å². The zero-order valence-electron chi connectivity index (χ0n) is 15.2. The van der Waals surface area contributed by atoms with Crippen molar-refractivity contribution in [1.82, 2.24) is 4.98 Å². The fraction of sp³-hybridized carbons (Fsp3) is 0.286. The largest absolute Gasteiger partial charge is 0.486 e. The van der Waals surface area contributed by atoms with Crippen LogP contribution in [0, 0.1) is 5.82 Å². The normalized spacial score (nSPS) is 16.9. The highest BCUT2D eigenvalue weighted by Gasteiger charge is 2.25. The number of benzene rings is 2. The number of hydrogen-bond acceptors (Lipinski definition) is 4. The average molecular weight is 385 g/mol. The van der Waals surface area contributed by atoms with E-state index in [2.05, 4.69) is 12.3 Å². The monoisotopic (exact) mass is 385 g/mol. The van der Waals surface area contributed by atoms with Gasteiger partial charge in [-0.3, -0.25) is 0 Å². The summed E-state index contributed by atoms with van der Waals surface area (Å²) >= 11 is 1.59. The van der Waals surface area contributed by atoms with Crippen molar-refractivity contribution >= 4 is 11.3 Å². The number of halogens is 1. The molecule has 0 bridgehead atoms. The number of fused-ring (bicyclic) bond motifs is 1. The van der Waals surface area contributed by atoms with E-state index in [9.17, 15) is 4.39 Å². The minimum Gasteiger partial charge on any atom is -0.486 e. The second-order valence-corrected chi connectivity index (χ2v) is 7.49. The Morgan fingerprint density at radius 3 is 2.70 bits per heavy atom. The lowest BCUT2D eigenvalue weighted by Gasteiger charge is -2.28. The highest BCUT2D eigenvalue weighted by atomic mass is 32.1. The fourth-order valence-corrected chi connectivity index (χ4v) is 4.02. The SMILES string of the molecule is CC[NH+](Cc1csc(-c2ccc(F)cc2)n1)C[C@H]1COc2ccccc2O1. The van der Waals surface area contributed by atoms with E-state index in [0.717, 1.165) is 47.4 Å². The predicted octanol–water partition coefficient (Wildman–Crippen LogP) is 3.19. The number of aromatic nitrogens is 1. The molecule has 0 saturated heterocycles. The number of ether oxygens (including phenoxy) is 2. The molecule has 1 unspecified atom stereocenters. The molecular formula is C21H22FN2O2S+. The number of rotatable bonds is 6. The number of likely N-dealkylation sites (N-methyl/N-ethyl adjacent to an activating group) is 1. The summed E-state index contributed by atoms with van der Waals surface area (Å²) < 4.78 is 25.0. The molecule has 1 N–H and O–H groups in total. The Bertz CT molecular complexity index is 897. The first-order chi connectivity index (χ1) is 13.2. The summed E-state index contributed by atoms with van der Waals surface area (Å²) in [6, 6.07) is 14.3. The zero-order chi connectivity index (χ0) is 18.6. The van der Waals surface area contributed by atoms with Crippen molar-refractivity contribution in [2.45, 2.75) is 19.6 Å². The summed E-state index contributed by atoms with van der Waals surface area (Å²) in [4.78, 5) is 6.12. The molecule has 0 radical (unpaired) electrons. The van der Waals surface area contributed by atoms with Crippen LogP contribution in [0.4, 0.5) is 4.39 Å². The lowest BCUT2D eigenvalue weighted by molar-refractivity contribution is -0.915. The van der Waals surface area contributed by atoms with Crippen molar-refractivity contribution < 1.29 is 18.8 Å². The van der Waals surface area contributed by atoms with Crippen LogP contribution in [0.1, 0.15) is 12.6 Å². The molecular weight excluding hydrogens is 363 g/mol. The van der Waals surface area contributed by atoms with E-state index < -0.39 is 0 Å². The van der Waals surface area contributed by atoms with Crippen LogP contribution in [0.3, 0.4) is 0 Å². The Labute approximate surface area is 162 Å². The van der Waals surface area contributed by atoms with Gasteiger partial charge in [-0.05, 0) is 43.3 Å². The number of quaternary nitrogens is 1. The van der Waals surface area contributed by atoms with E-state index in [-0.39, 0.29) is 11.9 Å². The van der Waals surface area contributed by atoms with E-state index in [1.54, 1.807) is 23.5 Å². The summed E-state index contributed by atoms with van der Waals surface area (Å²) in [6.45, 7) is 5.40. The predicted molar refractivity (Wildman–Crippen MR) is 104 cm³/mol. The molecule has 6 heteroatoms. The van der Waals surface area contributed by atoms with Crippen LogP contribution in [0.25, 0.3) is 10.6 Å². The summed E-state index contributed by atoms with van der Waals surface area (Å²) in [5, 5.41) is 3.01. The molecule has 140 valence electrons. The van der Waals surface area contributed by atoms with Gasteiger partial charge in [-0.25, -0.2) is 9.37 Å². The van der Waals surface area contributed by atoms with Crippen molar-refractivity contribution in [2.24, 2.45) is 0 Å². The molecule has 0 saturated carbocycles. The zero-order valence-corrected chi connectivity index (χ0v) is 16.0. The van der Waals surface area contributed by atoms with Gasteiger partial charge in [0.1, 0.15) is 36.2 Å². The van der Waals surface area contributed by atoms with Crippen molar-refractivity contribution in [2.75, 3.05) is 19.7 Å². The van der Waals surface area contributed by atoms with E-state index >= 15 is 0 Å². The summed E-state index contributed by atoms with van der Waals surface area (Å²) in [6.07, 6.45) is 0.0325. The van der Waals surface area contributed by atoms with Gasteiger partial charge in [-0.1, -0.05) is 12.1 Å². The van der Waals surface area contributed by atoms with Gasteiger partial charge < -0.3 is 14.4 Å². The van der Waals surface area contributed by atoms with Gasteiger partial charge in [-0.2, -0.15) is 0 Å². The highest BCUT2D eigenvalue weighted by molar-refractivity contribution is 7.13. The van der Waals surface area contributed by atoms with Gasteiger partial charge in [0, 0.05) is 10.9 Å². The standard InChI is InChI=1S/C21H21FN2O2S/c1-2-24(12-18-13-25-19-5-3-4-6-20(19)26-18)11-17-14-27-21(23-17)15-7-9-16(22)10-8-15/h3-10,14,18H,2,11-13H2,1H3/p+1/t18-/m0/s1. The molecule has 1 aromatic heterocycles. The van der Waals surface area contributed by atoms with Crippen molar-refractivity contribution in [3.8, 4) is 22.1 Å². The maximum atomic E-state index is 13.1. The maximum Gasteiger partial charge on any atom is 0.181 e. The molecule has 0 amide bonds.